The molecule has 146 valence electrons. The Morgan fingerprint density at radius 3 is 2.33 bits per heavy atom. The van der Waals surface area contributed by atoms with E-state index in [1.165, 1.54) is 18.2 Å². The van der Waals surface area contributed by atoms with Crippen molar-refractivity contribution in [2.45, 2.75) is 38.1 Å². The average molecular weight is 391 g/mol. The zero-order valence-electron chi connectivity index (χ0n) is 15.8. The van der Waals surface area contributed by atoms with Crippen LogP contribution in [-0.4, -0.2) is 26.0 Å². The van der Waals surface area contributed by atoms with Crippen LogP contribution in [0, 0.1) is 5.92 Å². The van der Waals surface area contributed by atoms with Crippen molar-refractivity contribution in [2.24, 2.45) is 5.92 Å². The number of benzene rings is 2. The Morgan fingerprint density at radius 2 is 1.74 bits per heavy atom. The molecule has 0 saturated heterocycles. The third kappa shape index (κ3) is 5.80. The van der Waals surface area contributed by atoms with Gasteiger partial charge >= 0.3 is 5.97 Å². The predicted octanol–water partition coefficient (Wildman–Crippen LogP) is 3.88. The van der Waals surface area contributed by atoms with Gasteiger partial charge in [0.05, 0.1) is 11.3 Å². The molecule has 7 heteroatoms. The summed E-state index contributed by atoms with van der Waals surface area (Å²) in [5, 5.41) is 12.4. The van der Waals surface area contributed by atoms with Crippen molar-refractivity contribution in [3.63, 3.8) is 0 Å². The highest BCUT2D eigenvalue weighted by Crippen LogP contribution is 2.25. The van der Waals surface area contributed by atoms with E-state index < -0.39 is 22.0 Å². The van der Waals surface area contributed by atoms with Gasteiger partial charge in [0.1, 0.15) is 4.90 Å². The molecule has 1 atom stereocenters. The fraction of sp³-hybridized carbons (Fsp3) is 0.350. The maximum Gasteiger partial charge on any atom is 0.335 e. The van der Waals surface area contributed by atoms with Crippen molar-refractivity contribution in [3.05, 3.63) is 59.7 Å². The highest BCUT2D eigenvalue weighted by molar-refractivity contribution is 7.89. The Balaban J connectivity index is 2.33. The quantitative estimate of drug-likeness (QED) is 0.604. The molecule has 0 fully saturated rings. The first-order valence-corrected chi connectivity index (χ1v) is 10.4. The monoisotopic (exact) mass is 390 g/mol. The van der Waals surface area contributed by atoms with Gasteiger partial charge in [-0.1, -0.05) is 44.2 Å². The SMILES string of the molecule is CC(C)CCNc1ccc(C(=O)O)cc1S(=O)(=O)N[C@@H](C)c1ccccc1. The lowest BCUT2D eigenvalue weighted by Crippen LogP contribution is -2.28. The molecule has 0 unspecified atom stereocenters. The van der Waals surface area contributed by atoms with E-state index in [1.54, 1.807) is 6.92 Å². The Bertz CT molecular complexity index is 880. The highest BCUT2D eigenvalue weighted by Gasteiger charge is 2.23. The second kappa shape index (κ2) is 9.01. The van der Waals surface area contributed by atoms with Gasteiger partial charge < -0.3 is 10.4 Å². The van der Waals surface area contributed by atoms with E-state index in [2.05, 4.69) is 23.9 Å². The smallest absolute Gasteiger partial charge is 0.335 e. The summed E-state index contributed by atoms with van der Waals surface area (Å²) in [6.45, 7) is 6.51. The lowest BCUT2D eigenvalue weighted by molar-refractivity contribution is 0.0696. The second-order valence-electron chi connectivity index (χ2n) is 6.88. The normalized spacial score (nSPS) is 12.7. The van der Waals surface area contributed by atoms with Crippen LogP contribution in [0.25, 0.3) is 0 Å². The average Bonchev–Trinajstić information content (AvgIpc) is 2.61. The minimum Gasteiger partial charge on any atom is -0.478 e. The molecule has 6 nitrogen and oxygen atoms in total. The van der Waals surface area contributed by atoms with Gasteiger partial charge in [-0.15, -0.1) is 0 Å². The molecular formula is C20H26N2O4S. The largest absolute Gasteiger partial charge is 0.478 e. The number of hydrogen-bond donors (Lipinski definition) is 3. The number of aromatic carboxylic acids is 1. The Kier molecular flexibility index (Phi) is 6.98. The van der Waals surface area contributed by atoms with Gasteiger partial charge in [-0.2, -0.15) is 0 Å². The van der Waals surface area contributed by atoms with Crippen LogP contribution in [-0.2, 0) is 10.0 Å². The van der Waals surface area contributed by atoms with Gasteiger partial charge in [0.2, 0.25) is 10.0 Å². The zero-order valence-corrected chi connectivity index (χ0v) is 16.6. The maximum absolute atomic E-state index is 13.0. The van der Waals surface area contributed by atoms with Gasteiger partial charge in [0.25, 0.3) is 0 Å². The number of carboxylic acids is 1. The van der Waals surface area contributed by atoms with Crippen molar-refractivity contribution in [3.8, 4) is 0 Å². The van der Waals surface area contributed by atoms with E-state index in [1.807, 2.05) is 30.3 Å². The first kappa shape index (κ1) is 20.9. The molecule has 0 aliphatic heterocycles. The summed E-state index contributed by atoms with van der Waals surface area (Å²) in [6.07, 6.45) is 0.869. The number of anilines is 1. The van der Waals surface area contributed by atoms with Crippen LogP contribution < -0.4 is 10.0 Å². The van der Waals surface area contributed by atoms with Crippen LogP contribution in [0.3, 0.4) is 0 Å². The molecule has 0 bridgehead atoms. The molecule has 0 spiro atoms. The first-order valence-electron chi connectivity index (χ1n) is 8.89. The summed E-state index contributed by atoms with van der Waals surface area (Å²) in [6, 6.07) is 12.9. The third-order valence-electron chi connectivity index (χ3n) is 4.19. The number of carboxylic acid groups (broad SMARTS) is 1. The summed E-state index contributed by atoms with van der Waals surface area (Å²) >= 11 is 0. The lowest BCUT2D eigenvalue weighted by Gasteiger charge is -2.18. The number of carbonyl (C=O) groups is 1. The topological polar surface area (TPSA) is 95.5 Å². The number of nitrogens with one attached hydrogen (secondary N) is 2. The fourth-order valence-electron chi connectivity index (χ4n) is 2.63. The maximum atomic E-state index is 13.0. The van der Waals surface area contributed by atoms with Crippen LogP contribution in [0.1, 0.15) is 49.2 Å². The first-order chi connectivity index (χ1) is 12.7. The summed E-state index contributed by atoms with van der Waals surface area (Å²) in [5.74, 6) is -0.705. The molecule has 2 rings (SSSR count). The van der Waals surface area contributed by atoms with Crippen molar-refractivity contribution >= 4 is 21.7 Å². The number of sulfonamides is 1. The van der Waals surface area contributed by atoms with E-state index in [4.69, 9.17) is 0 Å². The summed E-state index contributed by atoms with van der Waals surface area (Å²) in [7, 11) is -3.92. The summed E-state index contributed by atoms with van der Waals surface area (Å²) < 4.78 is 28.6. The van der Waals surface area contributed by atoms with Crippen LogP contribution in [0.5, 0.6) is 0 Å². The zero-order chi connectivity index (χ0) is 20.0. The molecular weight excluding hydrogens is 364 g/mol. The van der Waals surface area contributed by atoms with Gasteiger partial charge in [-0.25, -0.2) is 17.9 Å². The molecule has 0 amide bonds. The number of rotatable bonds is 9. The summed E-state index contributed by atoms with van der Waals surface area (Å²) in [5.41, 5.74) is 1.15. The van der Waals surface area contributed by atoms with Gasteiger partial charge in [0.15, 0.2) is 0 Å². The van der Waals surface area contributed by atoms with Crippen molar-refractivity contribution in [2.75, 3.05) is 11.9 Å². The molecule has 27 heavy (non-hydrogen) atoms. The molecule has 0 aliphatic rings. The van der Waals surface area contributed by atoms with Gasteiger partial charge in [-0.3, -0.25) is 0 Å². The van der Waals surface area contributed by atoms with Crippen LogP contribution in [0.2, 0.25) is 0 Å². The van der Waals surface area contributed by atoms with Gasteiger partial charge in [-0.05, 0) is 43.0 Å². The van der Waals surface area contributed by atoms with E-state index in [9.17, 15) is 18.3 Å². The van der Waals surface area contributed by atoms with Gasteiger partial charge in [0, 0.05) is 12.6 Å². The molecule has 0 aromatic heterocycles. The van der Waals surface area contributed by atoms with Crippen molar-refractivity contribution < 1.29 is 18.3 Å². The minimum atomic E-state index is -3.92. The standard InChI is InChI=1S/C20H26N2O4S/c1-14(2)11-12-21-18-10-9-17(20(23)24)13-19(18)27(25,26)22-15(3)16-7-5-4-6-8-16/h4-10,13-15,21-22H,11-12H2,1-3H3,(H,23,24)/t15-/m0/s1. The van der Waals surface area contributed by atoms with Crippen molar-refractivity contribution in [1.82, 2.24) is 4.72 Å². The summed E-state index contributed by atoms with van der Waals surface area (Å²) in [4.78, 5) is 11.2. The van der Waals surface area contributed by atoms with Crippen LogP contribution in [0.15, 0.2) is 53.4 Å². The fourth-order valence-corrected chi connectivity index (χ4v) is 4.07. The Morgan fingerprint density at radius 1 is 1.07 bits per heavy atom. The Labute approximate surface area is 160 Å². The van der Waals surface area contributed by atoms with Crippen LogP contribution >= 0.6 is 0 Å². The Hall–Kier alpha value is -2.38. The molecule has 2 aromatic rings. The van der Waals surface area contributed by atoms with E-state index in [-0.39, 0.29) is 10.5 Å². The molecule has 0 heterocycles. The molecule has 0 radical (unpaired) electrons. The van der Waals surface area contributed by atoms with Crippen molar-refractivity contribution in [1.29, 1.82) is 0 Å². The molecule has 3 N–H and O–H groups in total. The molecule has 2 aromatic carbocycles. The molecule has 0 saturated carbocycles. The van der Waals surface area contributed by atoms with E-state index in [0.29, 0.717) is 18.2 Å². The van der Waals surface area contributed by atoms with E-state index in [0.717, 1.165) is 12.0 Å². The minimum absolute atomic E-state index is 0.0612. The molecule has 0 aliphatic carbocycles. The lowest BCUT2D eigenvalue weighted by atomic mass is 10.1. The van der Waals surface area contributed by atoms with Crippen LogP contribution in [0.4, 0.5) is 5.69 Å². The third-order valence-corrected chi connectivity index (χ3v) is 5.77. The highest BCUT2D eigenvalue weighted by atomic mass is 32.2. The second-order valence-corrected chi connectivity index (χ2v) is 8.56. The van der Waals surface area contributed by atoms with E-state index >= 15 is 0 Å². The number of hydrogen-bond acceptors (Lipinski definition) is 4. The predicted molar refractivity (Wildman–Crippen MR) is 107 cm³/mol.